The second-order valence-electron chi connectivity index (χ2n) is 42.5. The van der Waals surface area contributed by atoms with Crippen LogP contribution in [0.5, 0.6) is 23.0 Å². The Morgan fingerprint density at radius 3 is 0.393 bits per heavy atom. The minimum absolute atomic E-state index is 0.214. The highest BCUT2D eigenvalue weighted by Gasteiger charge is 2.46. The number of hydrogen-bond acceptors (Lipinski definition) is 4. The topological polar surface area (TPSA) is 36.9 Å². The van der Waals surface area contributed by atoms with Crippen molar-refractivity contribution < 1.29 is 17.7 Å². The Hall–Kier alpha value is -12.4. The largest absolute Gasteiger partial charge is 0.542 e. The lowest BCUT2D eigenvalue weighted by Gasteiger charge is -2.37. The zero-order chi connectivity index (χ0) is 93.9. The van der Waals surface area contributed by atoms with Gasteiger partial charge < -0.3 is 17.7 Å². The van der Waals surface area contributed by atoms with Crippen LogP contribution in [0.3, 0.4) is 0 Å². The van der Waals surface area contributed by atoms with Crippen molar-refractivity contribution in [1.82, 2.24) is 0 Å². The summed E-state index contributed by atoms with van der Waals surface area (Å²) in [5.41, 5.74) is 23.7. The molecule has 0 bridgehead atoms. The first-order valence-corrected chi connectivity index (χ1v) is 59.1. The molecule has 0 aliphatic rings. The van der Waals surface area contributed by atoms with E-state index in [1.54, 1.807) is 0 Å². The van der Waals surface area contributed by atoms with E-state index in [-0.39, 0.29) is 33.5 Å². The maximum atomic E-state index is 8.37. The molecule has 0 heterocycles. The van der Waals surface area contributed by atoms with E-state index in [0.717, 1.165) is 95.5 Å². The molecule has 0 fully saturated rings. The van der Waals surface area contributed by atoms with Gasteiger partial charge in [-0.15, -0.1) is 0 Å². The summed E-state index contributed by atoms with van der Waals surface area (Å²) in [5, 5.41) is 0. The van der Waals surface area contributed by atoms with E-state index < -0.39 is 33.3 Å². The molecule has 0 saturated carbocycles. The van der Waals surface area contributed by atoms with Gasteiger partial charge in [0.2, 0.25) is 0 Å². The molecule has 16 rings (SSSR count). The molecule has 4 nitrogen and oxygen atoms in total. The van der Waals surface area contributed by atoms with Gasteiger partial charge in [0, 0.05) is 84.4 Å². The highest BCUT2D eigenvalue weighted by Crippen LogP contribution is 2.50. The first kappa shape index (κ1) is 95.7. The van der Waals surface area contributed by atoms with Crippen LogP contribution < -0.4 is 17.7 Å². The van der Waals surface area contributed by atoms with Crippen molar-refractivity contribution in [2.75, 3.05) is 0 Å². The molecule has 0 unspecified atom stereocenters. The number of rotatable bonds is 38. The summed E-state index contributed by atoms with van der Waals surface area (Å²) in [6.45, 7) is 28.8. The molecular weight excluding hydrogens is 1700 g/mol. The van der Waals surface area contributed by atoms with Crippen molar-refractivity contribution in [3.8, 4) is 23.0 Å². The van der Waals surface area contributed by atoms with Crippen molar-refractivity contribution in [3.05, 3.63) is 548 Å². The highest BCUT2D eigenvalue weighted by molar-refractivity contribution is 6.74. The Kier molecular flexibility index (Phi) is 30.5. The summed E-state index contributed by atoms with van der Waals surface area (Å²) in [6, 6.07) is 174. The molecular formula is C127H136O4Si4. The van der Waals surface area contributed by atoms with Crippen molar-refractivity contribution in [2.45, 2.75) is 196 Å². The first-order chi connectivity index (χ1) is 65.2. The van der Waals surface area contributed by atoms with Crippen LogP contribution in [0, 0.1) is 0 Å². The molecule has 0 aromatic heterocycles. The van der Waals surface area contributed by atoms with E-state index in [1.165, 1.54) is 111 Å². The van der Waals surface area contributed by atoms with E-state index in [9.17, 15) is 0 Å². The van der Waals surface area contributed by atoms with Gasteiger partial charge in [-0.05, 0) is 164 Å². The Morgan fingerprint density at radius 2 is 0.281 bits per heavy atom. The molecule has 684 valence electrons. The van der Waals surface area contributed by atoms with E-state index in [4.69, 9.17) is 17.7 Å². The third-order valence-corrected chi connectivity index (χ3v) is 42.3. The zero-order valence-corrected chi connectivity index (χ0v) is 85.5. The molecule has 0 spiro atoms. The fourth-order valence-electron chi connectivity index (χ4n) is 20.7. The second-order valence-corrected chi connectivity index (χ2v) is 57.0. The molecule has 16 aromatic rings. The molecule has 16 aromatic carbocycles. The van der Waals surface area contributed by atoms with Crippen LogP contribution in [-0.4, -0.2) is 33.3 Å². The van der Waals surface area contributed by atoms with E-state index in [2.05, 4.69) is 520 Å². The highest BCUT2D eigenvalue weighted by atomic mass is 28.4. The summed E-state index contributed by atoms with van der Waals surface area (Å²) >= 11 is 0. The molecule has 135 heavy (non-hydrogen) atoms. The number of benzene rings is 16. The zero-order valence-electron chi connectivity index (χ0n) is 81.5. The van der Waals surface area contributed by atoms with Crippen LogP contribution in [0.1, 0.15) is 213 Å². The normalized spacial score (nSPS) is 12.4. The fraction of sp³-hybridized carbons (Fsp3) is 0.244. The van der Waals surface area contributed by atoms with Gasteiger partial charge in [-0.3, -0.25) is 0 Å². The number of hydrogen-bond donors (Lipinski definition) is 0. The standard InChI is InChI=1S/C127H136O4Si4/c1-124(2,3)116-81-110(73-77-120(116)128-132(86-98-49-25-13-26-50-98,87-99-51-27-14-28-52-99)88-100-53-29-15-30-54-100)114(111-74-78-121(117(82-111)125(4,5)6)129-133(89-101-55-31-16-32-56-101,90-102-57-33-17-34-58-102)91-103-59-35-18-36-60-103)85-115(112-75-79-122(118(83-112)126(7,8)9)130-134(92-104-61-37-19-38-62-104,93-105-63-39-20-40-64-105)94-106-65-41-21-42-66-106)113-76-80-123(119(84-113)127(10,11)12)131-135(95-107-67-43-22-44-68-107,96-108-69-45-23-46-70-108)97-109-71-47-24-48-72-109/h13-84,114-115H,85-97H2,1-12H3. The predicted molar refractivity (Wildman–Crippen MR) is 576 cm³/mol. The second kappa shape index (κ2) is 43.1. The van der Waals surface area contributed by atoms with Crippen LogP contribution in [0.4, 0.5) is 0 Å². The molecule has 0 aliphatic heterocycles. The third kappa shape index (κ3) is 25.8. The maximum Gasteiger partial charge on any atom is 0.264 e. The summed E-state index contributed by atoms with van der Waals surface area (Å²) in [4.78, 5) is 0. The first-order valence-electron chi connectivity index (χ1n) is 49.0. The fourth-order valence-corrected chi connectivity index (χ4v) is 37.4. The van der Waals surface area contributed by atoms with E-state index in [0.29, 0.717) is 6.42 Å². The molecule has 0 saturated heterocycles. The van der Waals surface area contributed by atoms with Crippen LogP contribution >= 0.6 is 0 Å². The average Bonchev–Trinajstić information content (AvgIpc) is 0.743. The Balaban J connectivity index is 0.939. The van der Waals surface area contributed by atoms with Crippen molar-refractivity contribution in [2.24, 2.45) is 0 Å². The van der Waals surface area contributed by atoms with Gasteiger partial charge in [0.25, 0.3) is 33.3 Å². The van der Waals surface area contributed by atoms with Crippen LogP contribution in [0.25, 0.3) is 0 Å². The minimum Gasteiger partial charge on any atom is -0.542 e. The smallest absolute Gasteiger partial charge is 0.264 e. The van der Waals surface area contributed by atoms with Crippen LogP contribution in [0.2, 0.25) is 0 Å². The molecule has 0 atom stereocenters. The quantitative estimate of drug-likeness (QED) is 0.0362. The Labute approximate surface area is 811 Å². The van der Waals surface area contributed by atoms with Gasteiger partial charge in [-0.2, -0.15) is 0 Å². The lowest BCUT2D eigenvalue weighted by atomic mass is 9.73. The third-order valence-electron chi connectivity index (χ3n) is 27.1. The van der Waals surface area contributed by atoms with Crippen molar-refractivity contribution in [1.29, 1.82) is 0 Å². The minimum atomic E-state index is -2.95. The average molecular weight is 1840 g/mol. The lowest BCUT2D eigenvalue weighted by molar-refractivity contribution is 0.486. The van der Waals surface area contributed by atoms with Gasteiger partial charge in [-0.25, -0.2) is 0 Å². The predicted octanol–water partition coefficient (Wildman–Crippen LogP) is 30.9. The van der Waals surface area contributed by atoms with Crippen LogP contribution in [0.15, 0.2) is 437 Å². The summed E-state index contributed by atoms with van der Waals surface area (Å²) in [6.07, 6.45) is 0.688. The SMILES string of the molecule is CC(C)(C)c1cc(C(CC(c2ccc(O[Si](Cc3ccccc3)(Cc3ccccc3)Cc3ccccc3)c(C(C)(C)C)c2)c2ccc(O[Si](Cc3ccccc3)(Cc3ccccc3)Cc3ccccc3)c(C(C)(C)C)c2)c2ccc(O[Si](Cc3ccccc3)(Cc3ccccc3)Cc3ccccc3)c(C(C)(C)C)c2)ccc1O[Si](Cc1ccccc1)(Cc1ccccc1)Cc1ccccc1. The summed E-state index contributed by atoms with van der Waals surface area (Å²) in [7, 11) is -11.8. The molecule has 0 radical (unpaired) electrons. The molecule has 0 aliphatic carbocycles. The lowest BCUT2D eigenvalue weighted by Crippen LogP contribution is -2.50. The summed E-state index contributed by atoms with van der Waals surface area (Å²) < 4.78 is 33.5. The summed E-state index contributed by atoms with van der Waals surface area (Å²) in [5.74, 6) is 3.41. The van der Waals surface area contributed by atoms with Crippen molar-refractivity contribution in [3.63, 3.8) is 0 Å². The van der Waals surface area contributed by atoms with Gasteiger partial charge in [0.15, 0.2) is 0 Å². The van der Waals surface area contributed by atoms with Gasteiger partial charge in [0.1, 0.15) is 23.0 Å². The molecule has 0 amide bonds. The van der Waals surface area contributed by atoms with Gasteiger partial charge >= 0.3 is 0 Å². The van der Waals surface area contributed by atoms with Crippen LogP contribution in [-0.2, 0) is 94.2 Å². The Morgan fingerprint density at radius 1 is 0.163 bits per heavy atom. The van der Waals surface area contributed by atoms with E-state index >= 15 is 0 Å². The van der Waals surface area contributed by atoms with Gasteiger partial charge in [0.05, 0.1) is 0 Å². The maximum absolute atomic E-state index is 8.37. The monoisotopic (exact) mass is 1840 g/mol. The Bertz CT molecular complexity index is 5210. The molecule has 8 heteroatoms. The van der Waals surface area contributed by atoms with Crippen molar-refractivity contribution >= 4 is 33.3 Å². The molecule has 0 N–H and O–H groups in total. The van der Waals surface area contributed by atoms with Gasteiger partial charge in [-0.1, -0.05) is 496 Å². The van der Waals surface area contributed by atoms with E-state index in [1.807, 2.05) is 0 Å².